The van der Waals surface area contributed by atoms with E-state index in [9.17, 15) is 4.39 Å². The van der Waals surface area contributed by atoms with Crippen molar-refractivity contribution in [3.63, 3.8) is 0 Å². The van der Waals surface area contributed by atoms with E-state index < -0.39 is 11.5 Å². The van der Waals surface area contributed by atoms with Gasteiger partial charge in [0, 0.05) is 28.9 Å². The standard InChI is InChI=1S/C25H21FN4O3/c1-24(12-31-13-24)7-6-15-8-19-22(29-10-15)33-20-4-2-16(17-3-5-21(26)28-11-17)9-18(20)25(19)14-32-23(27)30-25/h2-11H,12-14H2,1H3,(H2,27,30)/b7-6+. The first-order valence-corrected chi connectivity index (χ1v) is 10.6. The van der Waals surface area contributed by atoms with Gasteiger partial charge in [-0.15, -0.1) is 0 Å². The van der Waals surface area contributed by atoms with Crippen LogP contribution in [-0.2, 0) is 15.0 Å². The van der Waals surface area contributed by atoms with E-state index in [0.717, 1.165) is 27.8 Å². The molecule has 7 nitrogen and oxygen atoms in total. The number of aliphatic imine (C=N–C) groups is 1. The van der Waals surface area contributed by atoms with Gasteiger partial charge in [-0.3, -0.25) is 0 Å². The number of pyridine rings is 2. The normalized spacial score (nSPS) is 22.2. The Morgan fingerprint density at radius 2 is 1.85 bits per heavy atom. The maximum atomic E-state index is 13.3. The number of halogens is 1. The molecule has 1 unspecified atom stereocenters. The van der Waals surface area contributed by atoms with Gasteiger partial charge >= 0.3 is 0 Å². The van der Waals surface area contributed by atoms with Gasteiger partial charge in [0.25, 0.3) is 6.02 Å². The Morgan fingerprint density at radius 3 is 2.55 bits per heavy atom. The summed E-state index contributed by atoms with van der Waals surface area (Å²) in [7, 11) is 0. The molecule has 0 radical (unpaired) electrons. The van der Waals surface area contributed by atoms with E-state index in [2.05, 4.69) is 23.0 Å². The average molecular weight is 444 g/mol. The van der Waals surface area contributed by atoms with E-state index >= 15 is 0 Å². The molecule has 1 saturated heterocycles. The van der Waals surface area contributed by atoms with E-state index in [-0.39, 0.29) is 18.0 Å². The second-order valence-electron chi connectivity index (χ2n) is 8.88. The Morgan fingerprint density at radius 1 is 1.00 bits per heavy atom. The summed E-state index contributed by atoms with van der Waals surface area (Å²) >= 11 is 0. The molecule has 0 aliphatic carbocycles. The van der Waals surface area contributed by atoms with Crippen LogP contribution >= 0.6 is 0 Å². The third-order valence-corrected chi connectivity index (χ3v) is 6.28. The first kappa shape index (κ1) is 19.9. The number of rotatable bonds is 3. The number of benzene rings is 1. The van der Waals surface area contributed by atoms with Gasteiger partial charge < -0.3 is 19.9 Å². The van der Waals surface area contributed by atoms with E-state index in [0.29, 0.717) is 24.8 Å². The second kappa shape index (κ2) is 7.11. The Balaban J connectivity index is 1.47. The number of nitrogens with two attached hydrogens (primary N) is 1. The van der Waals surface area contributed by atoms with Crippen molar-refractivity contribution in [2.45, 2.75) is 12.5 Å². The van der Waals surface area contributed by atoms with Gasteiger partial charge in [0.05, 0.1) is 18.8 Å². The molecule has 3 aromatic rings. The zero-order valence-electron chi connectivity index (χ0n) is 17.9. The molecule has 166 valence electrons. The van der Waals surface area contributed by atoms with Crippen LogP contribution in [0.4, 0.5) is 4.39 Å². The summed E-state index contributed by atoms with van der Waals surface area (Å²) < 4.78 is 30.5. The number of amidine groups is 1. The SMILES string of the molecule is CC1(/C=C/c2cnc3c(c2)C2(COC(N)=N2)c2cc(-c4ccc(F)nc4)ccc2O3)COC1. The smallest absolute Gasteiger partial charge is 0.283 e. The minimum absolute atomic E-state index is 0.0356. The Labute approximate surface area is 189 Å². The summed E-state index contributed by atoms with van der Waals surface area (Å²) in [4.78, 5) is 13.1. The summed E-state index contributed by atoms with van der Waals surface area (Å²) in [5.41, 5.74) is 9.28. The Kier molecular flexibility index (Phi) is 4.28. The average Bonchev–Trinajstić information content (AvgIpc) is 3.19. The molecule has 8 heteroatoms. The zero-order valence-corrected chi connectivity index (χ0v) is 17.9. The lowest BCUT2D eigenvalue weighted by Crippen LogP contribution is -2.37. The lowest BCUT2D eigenvalue weighted by molar-refractivity contribution is -0.0703. The van der Waals surface area contributed by atoms with Gasteiger partial charge in [-0.1, -0.05) is 25.1 Å². The van der Waals surface area contributed by atoms with Crippen molar-refractivity contribution in [1.82, 2.24) is 9.97 Å². The molecular weight excluding hydrogens is 423 g/mol. The predicted molar refractivity (Wildman–Crippen MR) is 120 cm³/mol. The molecule has 2 N–H and O–H groups in total. The molecule has 2 aromatic heterocycles. The molecule has 1 fully saturated rings. The summed E-state index contributed by atoms with van der Waals surface area (Å²) in [6, 6.07) is 10.9. The number of hydrogen-bond acceptors (Lipinski definition) is 7. The van der Waals surface area contributed by atoms with Crippen molar-refractivity contribution < 1.29 is 18.6 Å². The monoisotopic (exact) mass is 444 g/mol. The fourth-order valence-electron chi connectivity index (χ4n) is 4.38. The highest BCUT2D eigenvalue weighted by molar-refractivity contribution is 5.78. The summed E-state index contributed by atoms with van der Waals surface area (Å²) in [6.45, 7) is 3.80. The van der Waals surface area contributed by atoms with E-state index in [4.69, 9.17) is 24.9 Å². The number of fused-ring (bicyclic) bond motifs is 4. The molecule has 1 atom stereocenters. The molecule has 0 saturated carbocycles. The first-order chi connectivity index (χ1) is 15.9. The van der Waals surface area contributed by atoms with Crippen LogP contribution in [0.15, 0.2) is 59.9 Å². The molecule has 1 aromatic carbocycles. The van der Waals surface area contributed by atoms with Gasteiger partial charge in [0.2, 0.25) is 11.8 Å². The van der Waals surface area contributed by atoms with Crippen LogP contribution in [0.5, 0.6) is 11.6 Å². The molecule has 5 heterocycles. The Hall–Kier alpha value is -3.78. The minimum atomic E-state index is -0.892. The fourth-order valence-corrected chi connectivity index (χ4v) is 4.38. The molecule has 3 aliphatic rings. The maximum Gasteiger partial charge on any atom is 0.283 e. The lowest BCUT2D eigenvalue weighted by Gasteiger charge is -2.35. The van der Waals surface area contributed by atoms with E-state index in [1.54, 1.807) is 12.3 Å². The van der Waals surface area contributed by atoms with Crippen LogP contribution in [0.25, 0.3) is 17.2 Å². The topological polar surface area (TPSA) is 91.9 Å². The minimum Gasteiger partial charge on any atom is -0.462 e. The van der Waals surface area contributed by atoms with Crippen LogP contribution < -0.4 is 10.5 Å². The van der Waals surface area contributed by atoms with Crippen LogP contribution in [0.1, 0.15) is 23.6 Å². The van der Waals surface area contributed by atoms with Crippen molar-refractivity contribution in [2.75, 3.05) is 19.8 Å². The van der Waals surface area contributed by atoms with Gasteiger partial charge in [-0.2, -0.15) is 4.39 Å². The summed E-state index contributed by atoms with van der Waals surface area (Å²) in [6.07, 6.45) is 7.47. The summed E-state index contributed by atoms with van der Waals surface area (Å²) in [5, 5.41) is 0. The predicted octanol–water partition coefficient (Wildman–Crippen LogP) is 4.03. The molecular formula is C25H21FN4O3. The largest absolute Gasteiger partial charge is 0.462 e. The zero-order chi connectivity index (χ0) is 22.6. The number of nitrogens with zero attached hydrogens (tertiary/aromatic N) is 3. The lowest BCUT2D eigenvalue weighted by atomic mass is 9.81. The van der Waals surface area contributed by atoms with Crippen LogP contribution in [0, 0.1) is 11.4 Å². The third-order valence-electron chi connectivity index (χ3n) is 6.28. The van der Waals surface area contributed by atoms with Crippen molar-refractivity contribution >= 4 is 12.1 Å². The van der Waals surface area contributed by atoms with Crippen LogP contribution in [0.3, 0.4) is 0 Å². The summed E-state index contributed by atoms with van der Waals surface area (Å²) in [5.74, 6) is 0.565. The number of hydrogen-bond donors (Lipinski definition) is 1. The maximum absolute atomic E-state index is 13.3. The highest BCUT2D eigenvalue weighted by Gasteiger charge is 2.47. The van der Waals surface area contributed by atoms with Crippen LogP contribution in [0.2, 0.25) is 0 Å². The highest BCUT2D eigenvalue weighted by atomic mass is 19.1. The van der Waals surface area contributed by atoms with Crippen LogP contribution in [-0.4, -0.2) is 35.8 Å². The Bertz CT molecular complexity index is 1320. The van der Waals surface area contributed by atoms with Gasteiger partial charge in [-0.25, -0.2) is 15.0 Å². The number of aromatic nitrogens is 2. The molecule has 3 aliphatic heterocycles. The van der Waals surface area contributed by atoms with Gasteiger partial charge in [-0.05, 0) is 41.5 Å². The third kappa shape index (κ3) is 3.25. The number of ether oxygens (including phenoxy) is 3. The van der Waals surface area contributed by atoms with Crippen molar-refractivity contribution in [3.05, 3.63) is 77.5 Å². The van der Waals surface area contributed by atoms with Crippen molar-refractivity contribution in [1.29, 1.82) is 0 Å². The van der Waals surface area contributed by atoms with Gasteiger partial charge in [0.15, 0.2) is 5.54 Å². The van der Waals surface area contributed by atoms with E-state index in [1.165, 1.54) is 12.3 Å². The van der Waals surface area contributed by atoms with E-state index in [1.807, 2.05) is 30.3 Å². The first-order valence-electron chi connectivity index (χ1n) is 10.6. The van der Waals surface area contributed by atoms with Crippen molar-refractivity contribution in [2.24, 2.45) is 16.1 Å². The van der Waals surface area contributed by atoms with Gasteiger partial charge in [0.1, 0.15) is 12.4 Å². The molecule has 33 heavy (non-hydrogen) atoms. The fraction of sp³-hybridized carbons (Fsp3) is 0.240. The molecule has 0 bridgehead atoms. The molecule has 0 amide bonds. The second-order valence-corrected chi connectivity index (χ2v) is 8.88. The highest BCUT2D eigenvalue weighted by Crippen LogP contribution is 2.51. The quantitative estimate of drug-likeness (QED) is 0.614. The molecule has 6 rings (SSSR count). The van der Waals surface area contributed by atoms with Crippen molar-refractivity contribution in [3.8, 4) is 22.8 Å². The molecule has 1 spiro atoms.